The minimum absolute atomic E-state index is 0.000718. The molecule has 1 aromatic rings. The monoisotopic (exact) mass is 239 g/mol. The van der Waals surface area contributed by atoms with E-state index in [1.54, 1.807) is 12.4 Å². The topological polar surface area (TPSA) is 57.0 Å². The van der Waals surface area contributed by atoms with Crippen molar-refractivity contribution < 1.29 is 9.53 Å². The van der Waals surface area contributed by atoms with Crippen LogP contribution in [0.1, 0.15) is 13.3 Å². The molecule has 2 rings (SSSR count). The van der Waals surface area contributed by atoms with Gasteiger partial charge in [-0.1, -0.05) is 17.8 Å². The zero-order valence-electron chi connectivity index (χ0n) is 9.00. The molecule has 2 atom stereocenters. The molecule has 1 aliphatic heterocycles. The minimum Gasteiger partial charge on any atom is -0.462 e. The third kappa shape index (κ3) is 2.27. The highest BCUT2D eigenvalue weighted by atomic mass is 32.2. The van der Waals surface area contributed by atoms with E-state index in [4.69, 9.17) is 4.74 Å². The summed E-state index contributed by atoms with van der Waals surface area (Å²) in [4.78, 5) is 11.5. The first-order valence-electron chi connectivity index (χ1n) is 5.06. The number of carbonyl (C=O) groups excluding carboxylic acids is 1. The SMILES string of the molecule is C=CCn1cnnc1S[C@@H]1C[C@H](C)OC1=O. The number of carbonyl (C=O) groups is 1. The molecule has 0 bridgehead atoms. The molecule has 5 nitrogen and oxygen atoms in total. The number of ether oxygens (including phenoxy) is 1. The molecule has 0 aliphatic carbocycles. The van der Waals surface area contributed by atoms with Gasteiger partial charge >= 0.3 is 5.97 Å². The second kappa shape index (κ2) is 4.69. The summed E-state index contributed by atoms with van der Waals surface area (Å²) in [5.41, 5.74) is 0. The van der Waals surface area contributed by atoms with Crippen LogP contribution in [0.15, 0.2) is 24.1 Å². The Morgan fingerprint density at radius 2 is 2.62 bits per heavy atom. The van der Waals surface area contributed by atoms with Crippen LogP contribution in [-0.2, 0) is 16.1 Å². The van der Waals surface area contributed by atoms with Crippen molar-refractivity contribution >= 4 is 17.7 Å². The maximum atomic E-state index is 11.5. The maximum absolute atomic E-state index is 11.5. The van der Waals surface area contributed by atoms with Crippen LogP contribution < -0.4 is 0 Å². The standard InChI is InChI=1S/C10H13N3O2S/c1-3-4-13-6-11-12-10(13)16-8-5-7(2)15-9(8)14/h3,6-8H,1,4-5H2,2H3/t7-,8+/m0/s1. The van der Waals surface area contributed by atoms with E-state index in [9.17, 15) is 4.79 Å². The van der Waals surface area contributed by atoms with Crippen LogP contribution in [0.3, 0.4) is 0 Å². The number of nitrogens with zero attached hydrogens (tertiary/aromatic N) is 3. The summed E-state index contributed by atoms with van der Waals surface area (Å²) in [5.74, 6) is -0.161. The van der Waals surface area contributed by atoms with E-state index in [1.807, 2.05) is 11.5 Å². The second-order valence-electron chi connectivity index (χ2n) is 3.64. The number of thioether (sulfide) groups is 1. The molecule has 6 heteroatoms. The predicted molar refractivity (Wildman–Crippen MR) is 60.0 cm³/mol. The Kier molecular flexibility index (Phi) is 3.28. The Labute approximate surface area is 97.9 Å². The van der Waals surface area contributed by atoms with E-state index in [2.05, 4.69) is 16.8 Å². The molecule has 0 amide bonds. The smallest absolute Gasteiger partial charge is 0.319 e. The number of hydrogen-bond donors (Lipinski definition) is 0. The van der Waals surface area contributed by atoms with Crippen LogP contribution in [0, 0.1) is 0 Å². The molecule has 0 saturated carbocycles. The van der Waals surface area contributed by atoms with E-state index in [1.165, 1.54) is 11.8 Å². The quantitative estimate of drug-likeness (QED) is 0.585. The number of aromatic nitrogens is 3. The average molecular weight is 239 g/mol. The Balaban J connectivity index is 2.06. The first-order valence-corrected chi connectivity index (χ1v) is 5.94. The van der Waals surface area contributed by atoms with Crippen LogP contribution in [0.5, 0.6) is 0 Å². The van der Waals surface area contributed by atoms with Gasteiger partial charge in [-0.25, -0.2) is 0 Å². The summed E-state index contributed by atoms with van der Waals surface area (Å²) in [5, 5.41) is 8.37. The molecule has 0 spiro atoms. The van der Waals surface area contributed by atoms with E-state index in [0.29, 0.717) is 6.54 Å². The van der Waals surface area contributed by atoms with Gasteiger partial charge in [0.05, 0.1) is 0 Å². The van der Waals surface area contributed by atoms with Crippen LogP contribution >= 0.6 is 11.8 Å². The largest absolute Gasteiger partial charge is 0.462 e. The Hall–Kier alpha value is -1.30. The first-order chi connectivity index (χ1) is 7.70. The van der Waals surface area contributed by atoms with E-state index < -0.39 is 0 Å². The zero-order chi connectivity index (χ0) is 11.5. The summed E-state index contributed by atoms with van der Waals surface area (Å²) in [6, 6.07) is 0. The van der Waals surface area contributed by atoms with Crippen molar-refractivity contribution in [2.75, 3.05) is 0 Å². The summed E-state index contributed by atoms with van der Waals surface area (Å²) >= 11 is 1.40. The number of esters is 1. The number of allylic oxidation sites excluding steroid dienone is 1. The van der Waals surface area contributed by atoms with Crippen molar-refractivity contribution in [2.45, 2.75) is 36.4 Å². The molecule has 0 radical (unpaired) electrons. The van der Waals surface area contributed by atoms with E-state index in [0.717, 1.165) is 11.6 Å². The van der Waals surface area contributed by atoms with Crippen molar-refractivity contribution in [1.29, 1.82) is 0 Å². The van der Waals surface area contributed by atoms with Crippen LogP contribution in [-0.4, -0.2) is 32.1 Å². The molecular formula is C10H13N3O2S. The molecule has 0 aromatic carbocycles. The van der Waals surface area contributed by atoms with Gasteiger partial charge < -0.3 is 9.30 Å². The molecule has 1 aliphatic rings. The Bertz CT molecular complexity index is 405. The van der Waals surface area contributed by atoms with E-state index in [-0.39, 0.29) is 17.3 Å². The highest BCUT2D eigenvalue weighted by Gasteiger charge is 2.33. The maximum Gasteiger partial charge on any atom is 0.319 e. The van der Waals surface area contributed by atoms with Gasteiger partial charge in [-0.3, -0.25) is 4.79 Å². The lowest BCUT2D eigenvalue weighted by atomic mass is 10.3. The lowest BCUT2D eigenvalue weighted by Gasteiger charge is -2.05. The number of rotatable bonds is 4. The number of hydrogen-bond acceptors (Lipinski definition) is 5. The van der Waals surface area contributed by atoms with Gasteiger partial charge in [0, 0.05) is 13.0 Å². The fraction of sp³-hybridized carbons (Fsp3) is 0.500. The third-order valence-electron chi connectivity index (χ3n) is 2.28. The lowest BCUT2D eigenvalue weighted by Crippen LogP contribution is -2.11. The van der Waals surface area contributed by atoms with Gasteiger partial charge in [0.25, 0.3) is 0 Å². The minimum atomic E-state index is -0.164. The van der Waals surface area contributed by atoms with Gasteiger partial charge in [-0.2, -0.15) is 0 Å². The average Bonchev–Trinajstić information content (AvgIpc) is 2.77. The van der Waals surface area contributed by atoms with Crippen molar-refractivity contribution in [3.05, 3.63) is 19.0 Å². The summed E-state index contributed by atoms with van der Waals surface area (Å²) in [6.45, 7) is 6.20. The molecule has 1 fully saturated rings. The third-order valence-corrected chi connectivity index (χ3v) is 3.48. The molecule has 0 N–H and O–H groups in total. The van der Waals surface area contributed by atoms with Crippen LogP contribution in [0.2, 0.25) is 0 Å². The molecule has 0 unspecified atom stereocenters. The van der Waals surface area contributed by atoms with Gasteiger partial charge in [0.1, 0.15) is 17.7 Å². The summed E-state index contributed by atoms with van der Waals surface area (Å²) in [7, 11) is 0. The van der Waals surface area contributed by atoms with Crippen molar-refractivity contribution in [2.24, 2.45) is 0 Å². The van der Waals surface area contributed by atoms with Crippen LogP contribution in [0.4, 0.5) is 0 Å². The highest BCUT2D eigenvalue weighted by Crippen LogP contribution is 2.30. The Morgan fingerprint density at radius 1 is 1.81 bits per heavy atom. The lowest BCUT2D eigenvalue weighted by molar-refractivity contribution is -0.140. The number of cyclic esters (lactones) is 1. The van der Waals surface area contributed by atoms with Gasteiger partial charge in [0.15, 0.2) is 5.16 Å². The van der Waals surface area contributed by atoms with E-state index >= 15 is 0 Å². The zero-order valence-corrected chi connectivity index (χ0v) is 9.81. The molecule has 16 heavy (non-hydrogen) atoms. The predicted octanol–water partition coefficient (Wildman–Crippen LogP) is 1.26. The van der Waals surface area contributed by atoms with Gasteiger partial charge in [-0.15, -0.1) is 16.8 Å². The Morgan fingerprint density at radius 3 is 3.25 bits per heavy atom. The first kappa shape index (κ1) is 11.2. The summed E-state index contributed by atoms with van der Waals surface area (Å²) in [6.07, 6.45) is 4.13. The van der Waals surface area contributed by atoms with Gasteiger partial charge in [-0.05, 0) is 6.92 Å². The molecule has 1 saturated heterocycles. The molecular weight excluding hydrogens is 226 g/mol. The molecule has 1 aromatic heterocycles. The fourth-order valence-corrected chi connectivity index (χ4v) is 2.67. The second-order valence-corrected chi connectivity index (χ2v) is 4.81. The normalized spacial score (nSPS) is 24.4. The molecule has 2 heterocycles. The van der Waals surface area contributed by atoms with Crippen molar-refractivity contribution in [3.8, 4) is 0 Å². The molecule has 86 valence electrons. The van der Waals surface area contributed by atoms with Gasteiger partial charge in [0.2, 0.25) is 0 Å². The van der Waals surface area contributed by atoms with Crippen molar-refractivity contribution in [3.63, 3.8) is 0 Å². The highest BCUT2D eigenvalue weighted by molar-refractivity contribution is 8.00. The van der Waals surface area contributed by atoms with Crippen molar-refractivity contribution in [1.82, 2.24) is 14.8 Å². The van der Waals surface area contributed by atoms with Crippen LogP contribution in [0.25, 0.3) is 0 Å². The summed E-state index contributed by atoms with van der Waals surface area (Å²) < 4.78 is 6.94. The fourth-order valence-electron chi connectivity index (χ4n) is 1.54.